The van der Waals surface area contributed by atoms with E-state index in [0.29, 0.717) is 19.7 Å². The summed E-state index contributed by atoms with van der Waals surface area (Å²) in [6.45, 7) is 3.68. The maximum atomic E-state index is 12.3. The molecule has 0 aliphatic carbocycles. The van der Waals surface area contributed by atoms with Crippen LogP contribution in [0.4, 0.5) is 5.82 Å². The third kappa shape index (κ3) is 3.87. The third-order valence-electron chi connectivity index (χ3n) is 3.85. The summed E-state index contributed by atoms with van der Waals surface area (Å²) in [5.41, 5.74) is 3.14. The fraction of sp³-hybridized carbons (Fsp3) is 0.333. The van der Waals surface area contributed by atoms with Crippen LogP contribution in [0.15, 0.2) is 42.5 Å². The largest absolute Gasteiger partial charge is 0.368 e. The van der Waals surface area contributed by atoms with Gasteiger partial charge in [0.15, 0.2) is 6.10 Å². The molecule has 2 heterocycles. The van der Waals surface area contributed by atoms with Crippen LogP contribution in [0.5, 0.6) is 0 Å². The first-order valence-corrected chi connectivity index (χ1v) is 7.89. The SMILES string of the molecule is Cc1cccc(NCCNC(=O)[C@@H]2OCCc3ccccc32)n1. The number of nitrogens with one attached hydrogen (secondary N) is 2. The van der Waals surface area contributed by atoms with E-state index in [9.17, 15) is 4.79 Å². The Kier molecular flexibility index (Phi) is 4.88. The number of ether oxygens (including phenoxy) is 1. The molecule has 1 aliphatic heterocycles. The van der Waals surface area contributed by atoms with E-state index in [2.05, 4.69) is 21.7 Å². The minimum atomic E-state index is -0.503. The van der Waals surface area contributed by atoms with E-state index < -0.39 is 6.10 Å². The van der Waals surface area contributed by atoms with Gasteiger partial charge in [-0.25, -0.2) is 4.98 Å². The van der Waals surface area contributed by atoms with Crippen molar-refractivity contribution in [2.75, 3.05) is 25.0 Å². The predicted octanol–water partition coefficient (Wildman–Crippen LogP) is 2.23. The van der Waals surface area contributed by atoms with Gasteiger partial charge in [0, 0.05) is 18.8 Å². The molecule has 1 amide bonds. The Morgan fingerprint density at radius 2 is 2.09 bits per heavy atom. The number of pyridine rings is 1. The van der Waals surface area contributed by atoms with Gasteiger partial charge in [-0.15, -0.1) is 0 Å². The van der Waals surface area contributed by atoms with E-state index in [1.165, 1.54) is 5.56 Å². The number of amides is 1. The molecule has 1 atom stereocenters. The quantitative estimate of drug-likeness (QED) is 0.831. The summed E-state index contributed by atoms with van der Waals surface area (Å²) >= 11 is 0. The molecule has 0 spiro atoms. The molecule has 2 aromatic rings. The predicted molar refractivity (Wildman–Crippen MR) is 89.3 cm³/mol. The van der Waals surface area contributed by atoms with Crippen LogP contribution in [0.1, 0.15) is 22.9 Å². The molecule has 0 saturated carbocycles. The van der Waals surface area contributed by atoms with Gasteiger partial charge in [0.2, 0.25) is 0 Å². The number of hydrogen-bond acceptors (Lipinski definition) is 4. The maximum Gasteiger partial charge on any atom is 0.253 e. The van der Waals surface area contributed by atoms with Crippen molar-refractivity contribution in [3.8, 4) is 0 Å². The molecule has 0 bridgehead atoms. The molecule has 3 rings (SSSR count). The lowest BCUT2D eigenvalue weighted by Gasteiger charge is -2.25. The molecule has 1 aromatic heterocycles. The molecule has 0 fully saturated rings. The molecule has 2 N–H and O–H groups in total. The molecular weight excluding hydrogens is 290 g/mol. The number of benzene rings is 1. The number of fused-ring (bicyclic) bond motifs is 1. The van der Waals surface area contributed by atoms with Gasteiger partial charge in [-0.1, -0.05) is 30.3 Å². The van der Waals surface area contributed by atoms with Crippen LogP contribution >= 0.6 is 0 Å². The third-order valence-corrected chi connectivity index (χ3v) is 3.85. The Labute approximate surface area is 136 Å². The first kappa shape index (κ1) is 15.5. The van der Waals surface area contributed by atoms with Crippen LogP contribution < -0.4 is 10.6 Å². The second kappa shape index (κ2) is 7.24. The highest BCUT2D eigenvalue weighted by Gasteiger charge is 2.26. The standard InChI is InChI=1S/C18H21N3O2/c1-13-5-4-8-16(21-13)19-10-11-20-18(22)17-15-7-3-2-6-14(15)9-12-23-17/h2-8,17H,9-12H2,1H3,(H,19,21)(H,20,22)/t17-/m1/s1. The number of aromatic nitrogens is 1. The van der Waals surface area contributed by atoms with Crippen LogP contribution in [0, 0.1) is 6.92 Å². The van der Waals surface area contributed by atoms with Crippen molar-refractivity contribution >= 4 is 11.7 Å². The van der Waals surface area contributed by atoms with Crippen molar-refractivity contribution in [1.29, 1.82) is 0 Å². The number of carbonyl (C=O) groups is 1. The Bertz CT molecular complexity index is 687. The molecule has 5 nitrogen and oxygen atoms in total. The smallest absolute Gasteiger partial charge is 0.253 e. The summed E-state index contributed by atoms with van der Waals surface area (Å²) in [5, 5.41) is 6.12. The number of aryl methyl sites for hydroxylation is 1. The summed E-state index contributed by atoms with van der Waals surface area (Å²) in [6, 6.07) is 13.8. The zero-order chi connectivity index (χ0) is 16.1. The normalized spacial score (nSPS) is 16.5. The van der Waals surface area contributed by atoms with E-state index in [-0.39, 0.29) is 5.91 Å². The second-order valence-corrected chi connectivity index (χ2v) is 5.58. The minimum Gasteiger partial charge on any atom is -0.368 e. The van der Waals surface area contributed by atoms with Crippen LogP contribution in [-0.2, 0) is 16.0 Å². The van der Waals surface area contributed by atoms with E-state index in [1.54, 1.807) is 0 Å². The first-order chi connectivity index (χ1) is 11.2. The summed E-state index contributed by atoms with van der Waals surface area (Å²) < 4.78 is 5.65. The average Bonchev–Trinajstić information content (AvgIpc) is 2.58. The highest BCUT2D eigenvalue weighted by molar-refractivity contribution is 5.82. The monoisotopic (exact) mass is 311 g/mol. The summed E-state index contributed by atoms with van der Waals surface area (Å²) in [6.07, 6.45) is 0.359. The molecule has 0 radical (unpaired) electrons. The molecule has 5 heteroatoms. The maximum absolute atomic E-state index is 12.3. The lowest BCUT2D eigenvalue weighted by Crippen LogP contribution is -2.36. The Hall–Kier alpha value is -2.40. The second-order valence-electron chi connectivity index (χ2n) is 5.58. The topological polar surface area (TPSA) is 63.2 Å². The molecule has 23 heavy (non-hydrogen) atoms. The zero-order valence-corrected chi connectivity index (χ0v) is 13.2. The molecule has 1 aliphatic rings. The lowest BCUT2D eigenvalue weighted by atomic mass is 9.97. The van der Waals surface area contributed by atoms with E-state index in [1.807, 2.05) is 43.3 Å². The number of carbonyl (C=O) groups excluding carboxylic acids is 1. The highest BCUT2D eigenvalue weighted by Crippen LogP contribution is 2.26. The number of anilines is 1. The first-order valence-electron chi connectivity index (χ1n) is 7.89. The molecule has 1 aromatic carbocycles. The fourth-order valence-corrected chi connectivity index (χ4v) is 2.72. The Morgan fingerprint density at radius 3 is 2.96 bits per heavy atom. The van der Waals surface area contributed by atoms with Gasteiger partial charge in [-0.05, 0) is 36.6 Å². The summed E-state index contributed by atoms with van der Waals surface area (Å²) in [4.78, 5) is 16.7. The van der Waals surface area contributed by atoms with Gasteiger partial charge in [0.1, 0.15) is 5.82 Å². The average molecular weight is 311 g/mol. The van der Waals surface area contributed by atoms with Crippen LogP contribution in [0.2, 0.25) is 0 Å². The van der Waals surface area contributed by atoms with Crippen molar-refractivity contribution in [2.24, 2.45) is 0 Å². The van der Waals surface area contributed by atoms with Crippen molar-refractivity contribution in [2.45, 2.75) is 19.4 Å². The van der Waals surface area contributed by atoms with Gasteiger partial charge >= 0.3 is 0 Å². The fourth-order valence-electron chi connectivity index (χ4n) is 2.72. The van der Waals surface area contributed by atoms with Gasteiger partial charge in [-0.3, -0.25) is 4.79 Å². The van der Waals surface area contributed by atoms with Gasteiger partial charge in [-0.2, -0.15) is 0 Å². The van der Waals surface area contributed by atoms with E-state index in [0.717, 1.165) is 23.5 Å². The van der Waals surface area contributed by atoms with Crippen molar-refractivity contribution in [1.82, 2.24) is 10.3 Å². The molecule has 0 saturated heterocycles. The van der Waals surface area contributed by atoms with Crippen LogP contribution in [0.3, 0.4) is 0 Å². The number of nitrogens with zero attached hydrogens (tertiary/aromatic N) is 1. The zero-order valence-electron chi connectivity index (χ0n) is 13.2. The van der Waals surface area contributed by atoms with Crippen molar-refractivity contribution in [3.05, 3.63) is 59.3 Å². The number of rotatable bonds is 5. The van der Waals surface area contributed by atoms with Gasteiger partial charge in [0.05, 0.1) is 6.61 Å². The van der Waals surface area contributed by atoms with Crippen molar-refractivity contribution < 1.29 is 9.53 Å². The summed E-state index contributed by atoms with van der Waals surface area (Å²) in [5.74, 6) is 0.731. The van der Waals surface area contributed by atoms with Gasteiger partial charge in [0.25, 0.3) is 5.91 Å². The summed E-state index contributed by atoms with van der Waals surface area (Å²) in [7, 11) is 0. The van der Waals surface area contributed by atoms with Crippen LogP contribution in [-0.4, -0.2) is 30.6 Å². The van der Waals surface area contributed by atoms with E-state index >= 15 is 0 Å². The van der Waals surface area contributed by atoms with E-state index in [4.69, 9.17) is 4.74 Å². The van der Waals surface area contributed by atoms with Crippen molar-refractivity contribution in [3.63, 3.8) is 0 Å². The number of hydrogen-bond donors (Lipinski definition) is 2. The molecular formula is C18H21N3O2. The minimum absolute atomic E-state index is 0.0869. The Balaban J connectivity index is 1.50. The Morgan fingerprint density at radius 1 is 1.22 bits per heavy atom. The lowest BCUT2D eigenvalue weighted by molar-refractivity contribution is -0.134. The van der Waals surface area contributed by atoms with Crippen LogP contribution in [0.25, 0.3) is 0 Å². The van der Waals surface area contributed by atoms with Gasteiger partial charge < -0.3 is 15.4 Å². The molecule has 120 valence electrons. The highest BCUT2D eigenvalue weighted by atomic mass is 16.5. The molecule has 0 unspecified atom stereocenters.